The lowest BCUT2D eigenvalue weighted by atomic mass is 9.94. The van der Waals surface area contributed by atoms with Gasteiger partial charge in [0.15, 0.2) is 0 Å². The zero-order valence-electron chi connectivity index (χ0n) is 12.7. The third kappa shape index (κ3) is 3.26. The van der Waals surface area contributed by atoms with E-state index in [0.717, 1.165) is 5.56 Å². The van der Waals surface area contributed by atoms with E-state index in [2.05, 4.69) is 10.1 Å². The lowest BCUT2D eigenvalue weighted by Crippen LogP contribution is -2.44. The molecule has 4 nitrogen and oxygen atoms in total. The quantitative estimate of drug-likeness (QED) is 0.890. The van der Waals surface area contributed by atoms with E-state index in [-0.39, 0.29) is 41.6 Å². The lowest BCUT2D eigenvalue weighted by molar-refractivity contribution is -0.274. The van der Waals surface area contributed by atoms with Gasteiger partial charge in [-0.1, -0.05) is 19.9 Å². The number of benzene rings is 1. The number of nitrogens with one attached hydrogen (secondary N) is 1. The Kier molecular flexibility index (Phi) is 4.82. The molecule has 0 bridgehead atoms. The van der Waals surface area contributed by atoms with Gasteiger partial charge in [-0.25, -0.2) is 0 Å². The molecule has 0 radical (unpaired) electrons. The Morgan fingerprint density at radius 3 is 2.65 bits per heavy atom. The first-order chi connectivity index (χ1) is 10.3. The molecular formula is C15H18ClF3N2O2. The van der Waals surface area contributed by atoms with Gasteiger partial charge < -0.3 is 15.0 Å². The van der Waals surface area contributed by atoms with Gasteiger partial charge >= 0.3 is 6.36 Å². The SMILES string of the molecule is CC(C)c1cc(OC(F)(F)F)c2c(c1)[C@@H]1CNCCN1C2=O.Cl. The highest BCUT2D eigenvalue weighted by Crippen LogP contribution is 2.42. The van der Waals surface area contributed by atoms with Crippen molar-refractivity contribution < 1.29 is 22.7 Å². The van der Waals surface area contributed by atoms with Gasteiger partial charge in [-0.2, -0.15) is 0 Å². The van der Waals surface area contributed by atoms with Crippen LogP contribution in [0.2, 0.25) is 0 Å². The Balaban J connectivity index is 0.00000192. The molecule has 128 valence electrons. The smallest absolute Gasteiger partial charge is 0.405 e. The molecule has 8 heteroatoms. The van der Waals surface area contributed by atoms with Crippen LogP contribution in [0.15, 0.2) is 12.1 Å². The van der Waals surface area contributed by atoms with Crippen molar-refractivity contribution in [3.05, 3.63) is 28.8 Å². The molecule has 1 atom stereocenters. The molecule has 2 aliphatic rings. The van der Waals surface area contributed by atoms with Gasteiger partial charge in [0, 0.05) is 19.6 Å². The van der Waals surface area contributed by atoms with Gasteiger partial charge in [0.25, 0.3) is 5.91 Å². The molecule has 0 aromatic heterocycles. The number of alkyl halides is 3. The summed E-state index contributed by atoms with van der Waals surface area (Å²) in [5.74, 6) is -0.717. The molecule has 23 heavy (non-hydrogen) atoms. The largest absolute Gasteiger partial charge is 0.573 e. The number of piperazine rings is 1. The summed E-state index contributed by atoms with van der Waals surface area (Å²) >= 11 is 0. The van der Waals surface area contributed by atoms with Crippen molar-refractivity contribution >= 4 is 18.3 Å². The second kappa shape index (κ2) is 6.20. The number of carbonyl (C=O) groups is 1. The van der Waals surface area contributed by atoms with Crippen LogP contribution in [0.3, 0.4) is 0 Å². The number of amides is 1. The fourth-order valence-corrected chi connectivity index (χ4v) is 3.06. The molecule has 0 spiro atoms. The summed E-state index contributed by atoms with van der Waals surface area (Å²) in [6.45, 7) is 5.47. The van der Waals surface area contributed by atoms with Crippen LogP contribution in [0.4, 0.5) is 13.2 Å². The Morgan fingerprint density at radius 1 is 1.35 bits per heavy atom. The first kappa shape index (κ1) is 17.9. The summed E-state index contributed by atoms with van der Waals surface area (Å²) in [6, 6.07) is 2.95. The summed E-state index contributed by atoms with van der Waals surface area (Å²) in [5, 5.41) is 3.18. The number of halogens is 4. The third-order valence-corrected chi connectivity index (χ3v) is 4.12. The zero-order valence-corrected chi connectivity index (χ0v) is 13.6. The topological polar surface area (TPSA) is 41.6 Å². The van der Waals surface area contributed by atoms with Crippen LogP contribution >= 0.6 is 12.4 Å². The molecule has 1 amide bonds. The van der Waals surface area contributed by atoms with Crippen molar-refractivity contribution in [2.24, 2.45) is 0 Å². The molecule has 2 heterocycles. The van der Waals surface area contributed by atoms with Crippen molar-refractivity contribution in [2.75, 3.05) is 19.6 Å². The van der Waals surface area contributed by atoms with Crippen LogP contribution in [0.5, 0.6) is 5.75 Å². The number of fused-ring (bicyclic) bond motifs is 3. The standard InChI is InChI=1S/C15H17F3N2O2.ClH/c1-8(2)9-5-10-11-7-19-3-4-20(11)14(21)13(10)12(6-9)22-15(16,17)18;/h5-6,8,11,19H,3-4,7H2,1-2H3;1H/t11-;/m0./s1. The number of rotatable bonds is 2. The predicted octanol–water partition coefficient (Wildman–Crippen LogP) is 3.23. The highest BCUT2D eigenvalue weighted by molar-refractivity contribution is 6.02. The third-order valence-electron chi connectivity index (χ3n) is 4.12. The molecular weight excluding hydrogens is 333 g/mol. The summed E-state index contributed by atoms with van der Waals surface area (Å²) in [6.07, 6.45) is -4.81. The fourth-order valence-electron chi connectivity index (χ4n) is 3.06. The Hall–Kier alpha value is -1.47. The molecule has 0 aliphatic carbocycles. The zero-order chi connectivity index (χ0) is 16.1. The Bertz CT molecular complexity index is 619. The Labute approximate surface area is 138 Å². The van der Waals surface area contributed by atoms with E-state index < -0.39 is 6.36 Å². The molecule has 0 saturated carbocycles. The number of carbonyl (C=O) groups excluding carboxylic acids is 1. The van der Waals surface area contributed by atoms with E-state index >= 15 is 0 Å². The average Bonchev–Trinajstić information content (AvgIpc) is 2.71. The van der Waals surface area contributed by atoms with Crippen LogP contribution in [-0.2, 0) is 0 Å². The molecule has 1 aromatic rings. The number of nitrogens with zero attached hydrogens (tertiary/aromatic N) is 1. The van der Waals surface area contributed by atoms with Crippen molar-refractivity contribution in [3.8, 4) is 5.75 Å². The summed E-state index contributed by atoms with van der Waals surface area (Å²) in [7, 11) is 0. The van der Waals surface area contributed by atoms with Crippen molar-refractivity contribution in [2.45, 2.75) is 32.2 Å². The van der Waals surface area contributed by atoms with Crippen LogP contribution in [-0.4, -0.2) is 36.8 Å². The van der Waals surface area contributed by atoms with E-state index in [9.17, 15) is 18.0 Å². The van der Waals surface area contributed by atoms with Gasteiger partial charge in [0.2, 0.25) is 0 Å². The summed E-state index contributed by atoms with van der Waals surface area (Å²) in [4.78, 5) is 14.1. The van der Waals surface area contributed by atoms with E-state index in [1.807, 2.05) is 19.9 Å². The van der Waals surface area contributed by atoms with Crippen LogP contribution in [0.1, 0.15) is 47.3 Å². The lowest BCUT2D eigenvalue weighted by Gasteiger charge is -2.30. The van der Waals surface area contributed by atoms with Gasteiger partial charge in [0.05, 0.1) is 11.6 Å². The predicted molar refractivity (Wildman–Crippen MR) is 81.1 cm³/mol. The van der Waals surface area contributed by atoms with Crippen LogP contribution in [0, 0.1) is 0 Å². The van der Waals surface area contributed by atoms with Gasteiger partial charge in [0.1, 0.15) is 5.75 Å². The van der Waals surface area contributed by atoms with Crippen molar-refractivity contribution in [3.63, 3.8) is 0 Å². The minimum atomic E-state index is -4.81. The number of ether oxygens (including phenoxy) is 1. The maximum absolute atomic E-state index is 12.7. The highest BCUT2D eigenvalue weighted by atomic mass is 35.5. The molecule has 1 aromatic carbocycles. The first-order valence-electron chi connectivity index (χ1n) is 7.23. The highest BCUT2D eigenvalue weighted by Gasteiger charge is 2.43. The van der Waals surface area contributed by atoms with E-state index in [1.54, 1.807) is 4.90 Å². The Morgan fingerprint density at radius 2 is 2.04 bits per heavy atom. The first-order valence-corrected chi connectivity index (χ1v) is 7.23. The van der Waals surface area contributed by atoms with Gasteiger partial charge in [-0.15, -0.1) is 25.6 Å². The second-order valence-corrected chi connectivity index (χ2v) is 5.90. The van der Waals surface area contributed by atoms with E-state index in [0.29, 0.717) is 25.2 Å². The second-order valence-electron chi connectivity index (χ2n) is 5.90. The number of hydrogen-bond donors (Lipinski definition) is 1. The number of hydrogen-bond acceptors (Lipinski definition) is 3. The normalized spacial score (nSPS) is 20.2. The van der Waals surface area contributed by atoms with Crippen molar-refractivity contribution in [1.82, 2.24) is 10.2 Å². The summed E-state index contributed by atoms with van der Waals surface area (Å²) in [5.41, 5.74) is 1.41. The van der Waals surface area contributed by atoms with E-state index in [4.69, 9.17) is 0 Å². The fraction of sp³-hybridized carbons (Fsp3) is 0.533. The minimum absolute atomic E-state index is 0. The summed E-state index contributed by atoms with van der Waals surface area (Å²) < 4.78 is 42.2. The average molecular weight is 351 g/mol. The van der Waals surface area contributed by atoms with Crippen LogP contribution in [0.25, 0.3) is 0 Å². The molecule has 0 unspecified atom stereocenters. The molecule has 1 saturated heterocycles. The van der Waals surface area contributed by atoms with E-state index in [1.165, 1.54) is 6.07 Å². The molecule has 1 N–H and O–H groups in total. The minimum Gasteiger partial charge on any atom is -0.405 e. The maximum Gasteiger partial charge on any atom is 0.573 e. The molecule has 3 rings (SSSR count). The van der Waals surface area contributed by atoms with Crippen molar-refractivity contribution in [1.29, 1.82) is 0 Å². The maximum atomic E-state index is 12.7. The molecule has 2 aliphatic heterocycles. The molecule has 1 fully saturated rings. The van der Waals surface area contributed by atoms with Gasteiger partial charge in [-0.3, -0.25) is 4.79 Å². The van der Waals surface area contributed by atoms with Gasteiger partial charge in [-0.05, 0) is 23.1 Å². The van der Waals surface area contributed by atoms with Crippen LogP contribution < -0.4 is 10.1 Å². The monoisotopic (exact) mass is 350 g/mol.